The van der Waals surface area contributed by atoms with Gasteiger partial charge in [0.2, 0.25) is 5.91 Å². The zero-order valence-corrected chi connectivity index (χ0v) is 7.38. The van der Waals surface area contributed by atoms with E-state index in [1.165, 1.54) is 6.92 Å². The van der Waals surface area contributed by atoms with Crippen molar-refractivity contribution >= 4 is 23.4 Å². The fourth-order valence-corrected chi connectivity index (χ4v) is 0.844. The lowest BCUT2D eigenvalue weighted by atomic mass is 10.5. The highest BCUT2D eigenvalue weighted by Gasteiger charge is 2.11. The molecule has 0 aliphatic rings. The molecule has 1 heterocycles. The number of nitrogens with zero attached hydrogens (tertiary/aromatic N) is 1. The topological polar surface area (TPSA) is 86.0 Å². The normalized spacial score (nSPS) is 9.69. The Labute approximate surface area is 77.3 Å². The molecule has 1 aromatic rings. The third-order valence-corrected chi connectivity index (χ3v) is 1.71. The van der Waals surface area contributed by atoms with Gasteiger partial charge in [-0.1, -0.05) is 0 Å². The molecule has 13 heavy (non-hydrogen) atoms. The molecule has 0 atom stereocenters. The molecule has 0 radical (unpaired) electrons. The van der Waals surface area contributed by atoms with Crippen LogP contribution < -0.4 is 15.7 Å². The van der Waals surface area contributed by atoms with Gasteiger partial charge >= 0.3 is 5.69 Å². The minimum atomic E-state index is -0.714. The van der Waals surface area contributed by atoms with Gasteiger partial charge < -0.3 is 4.98 Å². The van der Waals surface area contributed by atoms with Crippen LogP contribution >= 0.6 is 11.8 Å². The van der Waals surface area contributed by atoms with Crippen molar-refractivity contribution in [3.05, 3.63) is 27.0 Å². The molecule has 0 bridgehead atoms. The average Bonchev–Trinajstić information content (AvgIpc) is 2.03. The van der Waals surface area contributed by atoms with Crippen LogP contribution in [0.2, 0.25) is 0 Å². The Hall–Kier alpha value is -1.56. The Kier molecular flexibility index (Phi) is 2.52. The zero-order valence-electron chi connectivity index (χ0n) is 6.63. The van der Waals surface area contributed by atoms with Gasteiger partial charge in [0.1, 0.15) is 5.69 Å². The van der Waals surface area contributed by atoms with Gasteiger partial charge in [0.05, 0.1) is 0 Å². The van der Waals surface area contributed by atoms with Crippen molar-refractivity contribution in [2.75, 3.05) is 4.42 Å². The molecular weight excluding hydrogens is 198 g/mol. The lowest BCUT2D eigenvalue weighted by molar-refractivity contribution is -0.115. The van der Waals surface area contributed by atoms with E-state index in [1.54, 1.807) is 0 Å². The predicted octanol–water partition coefficient (Wildman–Crippen LogP) is -0.430. The summed E-state index contributed by atoms with van der Waals surface area (Å²) in [4.78, 5) is 36.5. The van der Waals surface area contributed by atoms with Gasteiger partial charge in [-0.05, 0) is 0 Å². The van der Waals surface area contributed by atoms with Crippen LogP contribution in [0.3, 0.4) is 0 Å². The van der Waals surface area contributed by atoms with E-state index in [-0.39, 0.29) is 5.69 Å². The Balaban J connectivity index is 3.24. The quantitative estimate of drug-likeness (QED) is 0.608. The molecule has 0 fully saturated rings. The van der Waals surface area contributed by atoms with Gasteiger partial charge in [0.15, 0.2) is 0 Å². The van der Waals surface area contributed by atoms with Gasteiger partial charge in [-0.15, -0.1) is 0 Å². The predicted molar refractivity (Wildman–Crippen MR) is 46.7 cm³/mol. The summed E-state index contributed by atoms with van der Waals surface area (Å²) in [6, 6.07) is 0. The van der Waals surface area contributed by atoms with Crippen molar-refractivity contribution in [1.82, 2.24) is 9.97 Å². The molecule has 0 aliphatic carbocycles. The molecule has 2 N–H and O–H groups in total. The molecule has 1 rings (SSSR count). The molecule has 0 saturated heterocycles. The van der Waals surface area contributed by atoms with E-state index < -0.39 is 17.2 Å². The van der Waals surface area contributed by atoms with Crippen LogP contribution in [-0.2, 0) is 4.79 Å². The van der Waals surface area contributed by atoms with Gasteiger partial charge in [-0.2, -0.15) is 0 Å². The van der Waals surface area contributed by atoms with Gasteiger partial charge in [-0.3, -0.25) is 14.6 Å². The fourth-order valence-electron chi connectivity index (χ4n) is 0.718. The van der Waals surface area contributed by atoms with Crippen LogP contribution in [0.4, 0.5) is 5.69 Å². The van der Waals surface area contributed by atoms with E-state index in [0.29, 0.717) is 4.42 Å². The first-order valence-electron chi connectivity index (χ1n) is 3.31. The Bertz CT molecular complexity index is 435. The molecule has 0 aromatic carbocycles. The maximum Gasteiger partial charge on any atom is 0.325 e. The summed E-state index contributed by atoms with van der Waals surface area (Å²) in [6.07, 6.45) is 1.07. The number of rotatable bonds is 1. The number of hydrogen-bond donors (Lipinski definition) is 2. The van der Waals surface area contributed by atoms with Crippen LogP contribution in [0.1, 0.15) is 6.92 Å². The van der Waals surface area contributed by atoms with Crippen molar-refractivity contribution in [2.45, 2.75) is 6.92 Å². The third-order valence-electron chi connectivity index (χ3n) is 1.29. The zero-order chi connectivity index (χ0) is 10.0. The smallest absolute Gasteiger partial charge is 0.312 e. The number of anilines is 1. The summed E-state index contributed by atoms with van der Waals surface area (Å²) < 4.78 is 0.620. The number of halogens is 1. The number of carbonyl (C=O) groups is 1. The minimum Gasteiger partial charge on any atom is -0.312 e. The van der Waals surface area contributed by atoms with Gasteiger partial charge in [0.25, 0.3) is 5.56 Å². The number of amides is 1. The molecule has 0 aliphatic heterocycles. The Morgan fingerprint density at radius 2 is 2.15 bits per heavy atom. The first kappa shape index (κ1) is 9.53. The summed E-state index contributed by atoms with van der Waals surface area (Å²) in [7, 11) is 0. The second-order valence-electron chi connectivity index (χ2n) is 2.26. The average molecular weight is 204 g/mol. The van der Waals surface area contributed by atoms with Crippen molar-refractivity contribution in [1.29, 1.82) is 0 Å². The lowest BCUT2D eigenvalue weighted by Crippen LogP contribution is -2.29. The summed E-state index contributed by atoms with van der Waals surface area (Å²) in [5.41, 5.74) is -1.48. The van der Waals surface area contributed by atoms with E-state index in [4.69, 9.17) is 11.8 Å². The molecule has 0 spiro atoms. The first-order valence-corrected chi connectivity index (χ1v) is 3.64. The van der Waals surface area contributed by atoms with Gasteiger partial charge in [0, 0.05) is 24.9 Å². The highest BCUT2D eigenvalue weighted by Crippen LogP contribution is 2.06. The van der Waals surface area contributed by atoms with Crippen LogP contribution in [0.5, 0.6) is 0 Å². The van der Waals surface area contributed by atoms with E-state index in [1.807, 2.05) is 4.98 Å². The number of H-pyrrole nitrogens is 2. The second kappa shape index (κ2) is 3.44. The van der Waals surface area contributed by atoms with Crippen molar-refractivity contribution in [3.8, 4) is 0 Å². The standard InChI is InChI=1S/C6H6ClN3O3/c1-3(11)10(7)4-2-8-6(13)9-5(4)12/h2H,1H3,(H2,8,9,12,13). The fraction of sp³-hybridized carbons (Fsp3) is 0.167. The summed E-state index contributed by atoms with van der Waals surface area (Å²) in [6.45, 7) is 1.19. The summed E-state index contributed by atoms with van der Waals surface area (Å²) >= 11 is 5.44. The second-order valence-corrected chi connectivity index (χ2v) is 2.60. The van der Waals surface area contributed by atoms with E-state index in [9.17, 15) is 14.4 Å². The lowest BCUT2D eigenvalue weighted by Gasteiger charge is -2.08. The summed E-state index contributed by atoms with van der Waals surface area (Å²) in [5, 5.41) is 0. The SMILES string of the molecule is CC(=O)N(Cl)c1c[nH]c(=O)[nH]c1=O. The number of aromatic nitrogens is 2. The van der Waals surface area contributed by atoms with Crippen LogP contribution in [-0.4, -0.2) is 15.9 Å². The van der Waals surface area contributed by atoms with E-state index >= 15 is 0 Å². The molecule has 0 saturated carbocycles. The highest BCUT2D eigenvalue weighted by molar-refractivity contribution is 6.36. The van der Waals surface area contributed by atoms with E-state index in [0.717, 1.165) is 6.20 Å². The molecule has 7 heteroatoms. The van der Waals surface area contributed by atoms with Crippen molar-refractivity contribution in [2.24, 2.45) is 0 Å². The van der Waals surface area contributed by atoms with E-state index in [2.05, 4.69) is 4.98 Å². The molecule has 1 amide bonds. The van der Waals surface area contributed by atoms with Crippen molar-refractivity contribution in [3.63, 3.8) is 0 Å². The third kappa shape index (κ3) is 1.97. The molecule has 0 unspecified atom stereocenters. The summed E-state index contributed by atoms with van der Waals surface area (Å²) in [5.74, 6) is -0.515. The maximum absolute atomic E-state index is 11.0. The Morgan fingerprint density at radius 1 is 1.54 bits per heavy atom. The molecular formula is C6H6ClN3O3. The van der Waals surface area contributed by atoms with Crippen LogP contribution in [0.25, 0.3) is 0 Å². The Morgan fingerprint density at radius 3 is 2.62 bits per heavy atom. The monoisotopic (exact) mass is 203 g/mol. The molecule has 1 aromatic heterocycles. The van der Waals surface area contributed by atoms with Crippen LogP contribution in [0.15, 0.2) is 15.8 Å². The highest BCUT2D eigenvalue weighted by atomic mass is 35.5. The number of aromatic amines is 2. The number of nitrogens with one attached hydrogen (secondary N) is 2. The van der Waals surface area contributed by atoms with Gasteiger partial charge in [-0.25, -0.2) is 9.21 Å². The molecule has 6 nitrogen and oxygen atoms in total. The number of carbonyl (C=O) groups excluding carboxylic acids is 1. The maximum atomic E-state index is 11.0. The largest absolute Gasteiger partial charge is 0.325 e. The number of hydrogen-bond acceptors (Lipinski definition) is 3. The molecule has 70 valence electrons. The van der Waals surface area contributed by atoms with Crippen molar-refractivity contribution < 1.29 is 4.79 Å². The minimum absolute atomic E-state index is 0.117. The first-order chi connectivity index (χ1) is 6.02. The van der Waals surface area contributed by atoms with Crippen LogP contribution in [0, 0.1) is 0 Å².